The van der Waals surface area contributed by atoms with E-state index < -0.39 is 11.4 Å². The summed E-state index contributed by atoms with van der Waals surface area (Å²) in [7, 11) is 2.16. The van der Waals surface area contributed by atoms with Crippen LogP contribution in [-0.2, 0) is 4.79 Å². The molecule has 1 saturated heterocycles. The van der Waals surface area contributed by atoms with E-state index in [1.165, 1.54) is 0 Å². The van der Waals surface area contributed by atoms with Gasteiger partial charge in [0.1, 0.15) is 0 Å². The third kappa shape index (κ3) is 5.04. The number of hydrogen-bond donors (Lipinski definition) is 1. The van der Waals surface area contributed by atoms with E-state index in [0.29, 0.717) is 0 Å². The summed E-state index contributed by atoms with van der Waals surface area (Å²) >= 11 is 0. The Morgan fingerprint density at radius 2 is 1.76 bits per heavy atom. The molecule has 0 aromatic rings. The van der Waals surface area contributed by atoms with E-state index in [-0.39, 0.29) is 0 Å². The smallest absolute Gasteiger partial charge is 0.309 e. The Labute approximate surface area is 105 Å². The van der Waals surface area contributed by atoms with Crippen molar-refractivity contribution < 1.29 is 9.90 Å². The first-order valence-corrected chi connectivity index (χ1v) is 6.56. The zero-order valence-electron chi connectivity index (χ0n) is 11.4. The van der Waals surface area contributed by atoms with Gasteiger partial charge in [-0.25, -0.2) is 0 Å². The van der Waals surface area contributed by atoms with Gasteiger partial charge >= 0.3 is 5.97 Å². The molecule has 0 aliphatic carbocycles. The third-order valence-electron chi connectivity index (χ3n) is 3.70. The van der Waals surface area contributed by atoms with Crippen LogP contribution in [0.2, 0.25) is 0 Å². The topological polar surface area (TPSA) is 43.8 Å². The van der Waals surface area contributed by atoms with Crippen molar-refractivity contribution >= 4 is 5.97 Å². The summed E-state index contributed by atoms with van der Waals surface area (Å²) in [5.74, 6) is -0.683. The SMILES string of the molecule is CN1CCN(CCCCC(C)(C)C(=O)O)CC1. The van der Waals surface area contributed by atoms with Gasteiger partial charge in [0, 0.05) is 26.2 Å². The van der Waals surface area contributed by atoms with Crippen LogP contribution in [0.25, 0.3) is 0 Å². The van der Waals surface area contributed by atoms with Gasteiger partial charge in [0.25, 0.3) is 0 Å². The average Bonchev–Trinajstić information content (AvgIpc) is 2.26. The van der Waals surface area contributed by atoms with Gasteiger partial charge in [0.15, 0.2) is 0 Å². The fraction of sp³-hybridized carbons (Fsp3) is 0.923. The first-order valence-electron chi connectivity index (χ1n) is 6.56. The molecule has 4 nitrogen and oxygen atoms in total. The summed E-state index contributed by atoms with van der Waals surface area (Å²) in [4.78, 5) is 15.8. The first kappa shape index (κ1) is 14.5. The van der Waals surface area contributed by atoms with Gasteiger partial charge in [-0.05, 0) is 40.3 Å². The molecule has 0 bridgehead atoms. The highest BCUT2D eigenvalue weighted by molar-refractivity contribution is 5.73. The van der Waals surface area contributed by atoms with Crippen molar-refractivity contribution in [3.8, 4) is 0 Å². The minimum atomic E-state index is -0.683. The van der Waals surface area contributed by atoms with Crippen molar-refractivity contribution in [2.75, 3.05) is 39.8 Å². The number of carboxylic acid groups (broad SMARTS) is 1. The van der Waals surface area contributed by atoms with Crippen LogP contribution in [0, 0.1) is 5.41 Å². The van der Waals surface area contributed by atoms with Gasteiger partial charge in [-0.3, -0.25) is 4.79 Å². The molecule has 17 heavy (non-hydrogen) atoms. The lowest BCUT2D eigenvalue weighted by Gasteiger charge is -2.32. The van der Waals surface area contributed by atoms with Crippen molar-refractivity contribution in [2.24, 2.45) is 5.41 Å². The highest BCUT2D eigenvalue weighted by Gasteiger charge is 2.26. The Hall–Kier alpha value is -0.610. The average molecular weight is 242 g/mol. The Morgan fingerprint density at radius 3 is 2.29 bits per heavy atom. The summed E-state index contributed by atoms with van der Waals surface area (Å²) in [5.41, 5.74) is -0.567. The van der Waals surface area contributed by atoms with Gasteiger partial charge in [-0.15, -0.1) is 0 Å². The number of rotatable bonds is 6. The van der Waals surface area contributed by atoms with Gasteiger partial charge in [-0.2, -0.15) is 0 Å². The summed E-state index contributed by atoms with van der Waals surface area (Å²) < 4.78 is 0. The van der Waals surface area contributed by atoms with E-state index in [0.717, 1.165) is 52.0 Å². The third-order valence-corrected chi connectivity index (χ3v) is 3.70. The largest absolute Gasteiger partial charge is 0.481 e. The van der Waals surface area contributed by atoms with E-state index in [4.69, 9.17) is 5.11 Å². The van der Waals surface area contributed by atoms with Crippen LogP contribution < -0.4 is 0 Å². The minimum absolute atomic E-state index is 0.567. The van der Waals surface area contributed by atoms with E-state index in [1.807, 2.05) is 13.8 Å². The van der Waals surface area contributed by atoms with Gasteiger partial charge in [-0.1, -0.05) is 6.42 Å². The maximum Gasteiger partial charge on any atom is 0.309 e. The van der Waals surface area contributed by atoms with Crippen molar-refractivity contribution in [2.45, 2.75) is 33.1 Å². The fourth-order valence-corrected chi connectivity index (χ4v) is 2.08. The predicted octanol–water partition coefficient (Wildman–Crippen LogP) is 1.51. The van der Waals surface area contributed by atoms with Crippen molar-refractivity contribution in [1.29, 1.82) is 0 Å². The molecular formula is C13H26N2O2. The molecule has 0 spiro atoms. The van der Waals surface area contributed by atoms with Gasteiger partial charge in [0.05, 0.1) is 5.41 Å². The molecule has 0 saturated carbocycles. The highest BCUT2D eigenvalue weighted by Crippen LogP contribution is 2.23. The van der Waals surface area contributed by atoms with Crippen LogP contribution >= 0.6 is 0 Å². The second-order valence-electron chi connectivity index (χ2n) is 5.79. The molecule has 1 aliphatic rings. The maximum atomic E-state index is 10.9. The Balaban J connectivity index is 2.10. The summed E-state index contributed by atoms with van der Waals surface area (Å²) in [6.45, 7) is 9.35. The molecule has 0 aromatic heterocycles. The molecule has 1 N–H and O–H groups in total. The normalized spacial score (nSPS) is 19.5. The number of piperazine rings is 1. The fourth-order valence-electron chi connectivity index (χ4n) is 2.08. The molecule has 0 atom stereocenters. The summed E-state index contributed by atoms with van der Waals surface area (Å²) in [5, 5.41) is 9.00. The van der Waals surface area contributed by atoms with Crippen LogP contribution in [0.5, 0.6) is 0 Å². The number of nitrogens with zero attached hydrogens (tertiary/aromatic N) is 2. The molecule has 1 rings (SSSR count). The quantitative estimate of drug-likeness (QED) is 0.717. The number of unbranched alkanes of at least 4 members (excludes halogenated alkanes) is 1. The molecule has 0 radical (unpaired) electrons. The van der Waals surface area contributed by atoms with Gasteiger partial charge < -0.3 is 14.9 Å². The van der Waals surface area contributed by atoms with Crippen LogP contribution in [0.1, 0.15) is 33.1 Å². The number of likely N-dealkylation sites (N-methyl/N-ethyl adjacent to an activating group) is 1. The molecular weight excluding hydrogens is 216 g/mol. The zero-order valence-corrected chi connectivity index (χ0v) is 11.4. The Bertz CT molecular complexity index is 246. The molecule has 0 aromatic carbocycles. The molecule has 4 heteroatoms. The van der Waals surface area contributed by atoms with E-state index in [1.54, 1.807) is 0 Å². The summed E-state index contributed by atoms with van der Waals surface area (Å²) in [6.07, 6.45) is 2.89. The Morgan fingerprint density at radius 1 is 1.18 bits per heavy atom. The number of aliphatic carboxylic acids is 1. The van der Waals surface area contributed by atoms with Crippen LogP contribution in [0.3, 0.4) is 0 Å². The Kier molecular flexibility index (Phi) is 5.40. The number of carbonyl (C=O) groups is 1. The molecule has 0 amide bonds. The predicted molar refractivity (Wildman–Crippen MR) is 69.2 cm³/mol. The van der Waals surface area contributed by atoms with E-state index in [2.05, 4.69) is 16.8 Å². The lowest BCUT2D eigenvalue weighted by Crippen LogP contribution is -2.44. The molecule has 100 valence electrons. The lowest BCUT2D eigenvalue weighted by molar-refractivity contribution is -0.147. The second-order valence-corrected chi connectivity index (χ2v) is 5.79. The van der Waals surface area contributed by atoms with Crippen LogP contribution in [0.15, 0.2) is 0 Å². The second kappa shape index (κ2) is 6.36. The van der Waals surface area contributed by atoms with Crippen molar-refractivity contribution in [1.82, 2.24) is 9.80 Å². The molecule has 1 aliphatic heterocycles. The van der Waals surface area contributed by atoms with Crippen LogP contribution in [0.4, 0.5) is 0 Å². The number of hydrogen-bond acceptors (Lipinski definition) is 3. The lowest BCUT2D eigenvalue weighted by atomic mass is 9.87. The molecule has 1 heterocycles. The van der Waals surface area contributed by atoms with E-state index >= 15 is 0 Å². The van der Waals surface area contributed by atoms with Crippen molar-refractivity contribution in [3.05, 3.63) is 0 Å². The minimum Gasteiger partial charge on any atom is -0.481 e. The zero-order chi connectivity index (χ0) is 12.9. The van der Waals surface area contributed by atoms with Crippen LogP contribution in [-0.4, -0.2) is 60.6 Å². The first-order chi connectivity index (χ1) is 7.92. The molecule has 0 unspecified atom stereocenters. The van der Waals surface area contributed by atoms with Gasteiger partial charge in [0.2, 0.25) is 0 Å². The van der Waals surface area contributed by atoms with Crippen molar-refractivity contribution in [3.63, 3.8) is 0 Å². The standard InChI is InChI=1S/C13H26N2O2/c1-13(2,12(16)17)6-4-5-7-15-10-8-14(3)9-11-15/h4-11H2,1-3H3,(H,16,17). The van der Waals surface area contributed by atoms with E-state index in [9.17, 15) is 4.79 Å². The molecule has 1 fully saturated rings. The summed E-state index contributed by atoms with van der Waals surface area (Å²) in [6, 6.07) is 0. The highest BCUT2D eigenvalue weighted by atomic mass is 16.4. The number of carboxylic acids is 1. The maximum absolute atomic E-state index is 10.9. The monoisotopic (exact) mass is 242 g/mol.